The molecule has 0 radical (unpaired) electrons. The van der Waals surface area contributed by atoms with Crippen molar-refractivity contribution >= 4 is 40.7 Å². The first-order valence-electron chi connectivity index (χ1n) is 7.74. The van der Waals surface area contributed by atoms with Gasteiger partial charge in [0.25, 0.3) is 0 Å². The lowest BCUT2D eigenvalue weighted by Gasteiger charge is -2.23. The molecule has 25 heavy (non-hydrogen) atoms. The maximum Gasteiger partial charge on any atom is 0.225 e. The summed E-state index contributed by atoms with van der Waals surface area (Å²) in [6.07, 6.45) is 0.266. The standard InChI is InChI=1S/C14H15Cl2N5O4/c1-14(2)24-9-6(5-7(10(9)25-14)23-4-3-22)21-12-8(19-20-21)11(15)17-13(16)18-12/h3,6-7,9-10H,4-5H2,1-2H3/t6-,7+,9+,10-/m1/s1. The van der Waals surface area contributed by atoms with Crippen LogP contribution in [0.5, 0.6) is 0 Å². The molecule has 1 saturated heterocycles. The molecular weight excluding hydrogens is 373 g/mol. The Labute approximate surface area is 152 Å². The topological polar surface area (TPSA) is 101 Å². The normalized spacial score (nSPS) is 30.7. The fourth-order valence-corrected chi connectivity index (χ4v) is 3.88. The van der Waals surface area contributed by atoms with Gasteiger partial charge in [0.15, 0.2) is 22.1 Å². The summed E-state index contributed by atoms with van der Waals surface area (Å²) in [5.41, 5.74) is 0.774. The minimum absolute atomic E-state index is 0.00766. The molecular formula is C14H15Cl2N5O4. The highest BCUT2D eigenvalue weighted by Gasteiger charge is 2.56. The molecule has 4 rings (SSSR count). The van der Waals surface area contributed by atoms with Gasteiger partial charge in [0, 0.05) is 6.42 Å². The quantitative estimate of drug-likeness (QED) is 0.442. The molecule has 3 heterocycles. The number of aromatic nitrogens is 5. The maximum atomic E-state index is 10.7. The van der Waals surface area contributed by atoms with Crippen LogP contribution in [0.1, 0.15) is 26.3 Å². The van der Waals surface area contributed by atoms with E-state index in [0.717, 1.165) is 0 Å². The molecule has 2 aliphatic rings. The number of halogens is 2. The van der Waals surface area contributed by atoms with E-state index in [-0.39, 0.29) is 41.4 Å². The number of hydrogen-bond donors (Lipinski definition) is 0. The van der Waals surface area contributed by atoms with Gasteiger partial charge in [-0.25, -0.2) is 9.67 Å². The van der Waals surface area contributed by atoms with Crippen molar-refractivity contribution in [3.05, 3.63) is 10.4 Å². The van der Waals surface area contributed by atoms with Crippen LogP contribution >= 0.6 is 23.2 Å². The summed E-state index contributed by atoms with van der Waals surface area (Å²) in [5, 5.41) is 8.35. The number of ether oxygens (including phenoxy) is 3. The molecule has 0 unspecified atom stereocenters. The first-order valence-corrected chi connectivity index (χ1v) is 8.50. The van der Waals surface area contributed by atoms with Crippen LogP contribution in [-0.2, 0) is 19.0 Å². The minimum atomic E-state index is -0.766. The molecule has 2 fully saturated rings. The Kier molecular flexibility index (Phi) is 4.16. The predicted molar refractivity (Wildman–Crippen MR) is 86.4 cm³/mol. The molecule has 1 saturated carbocycles. The van der Waals surface area contributed by atoms with E-state index in [4.69, 9.17) is 37.4 Å². The largest absolute Gasteiger partial charge is 0.368 e. The van der Waals surface area contributed by atoms with E-state index in [1.807, 2.05) is 13.8 Å². The average molecular weight is 388 g/mol. The van der Waals surface area contributed by atoms with Crippen LogP contribution in [0.4, 0.5) is 0 Å². The van der Waals surface area contributed by atoms with Crippen molar-refractivity contribution in [1.29, 1.82) is 0 Å². The average Bonchev–Trinajstić information content (AvgIpc) is 3.16. The molecule has 134 valence electrons. The van der Waals surface area contributed by atoms with Gasteiger partial charge >= 0.3 is 0 Å². The summed E-state index contributed by atoms with van der Waals surface area (Å²) in [5.74, 6) is -0.766. The molecule has 1 aliphatic carbocycles. The van der Waals surface area contributed by atoms with Crippen LogP contribution in [0.3, 0.4) is 0 Å². The third kappa shape index (κ3) is 2.89. The highest BCUT2D eigenvalue weighted by atomic mass is 35.5. The van der Waals surface area contributed by atoms with Crippen LogP contribution < -0.4 is 0 Å². The van der Waals surface area contributed by atoms with Gasteiger partial charge in [-0.05, 0) is 25.4 Å². The number of carbonyl (C=O) groups is 1. The van der Waals surface area contributed by atoms with E-state index >= 15 is 0 Å². The Morgan fingerprint density at radius 2 is 2.08 bits per heavy atom. The molecule has 0 spiro atoms. The lowest BCUT2D eigenvalue weighted by Crippen LogP contribution is -2.31. The van der Waals surface area contributed by atoms with Crippen molar-refractivity contribution in [2.75, 3.05) is 6.61 Å². The monoisotopic (exact) mass is 387 g/mol. The zero-order valence-corrected chi connectivity index (χ0v) is 14.9. The summed E-state index contributed by atoms with van der Waals surface area (Å²) >= 11 is 12.0. The summed E-state index contributed by atoms with van der Waals surface area (Å²) in [6.45, 7) is 3.64. The van der Waals surface area contributed by atoms with Gasteiger partial charge in [-0.2, -0.15) is 4.98 Å². The van der Waals surface area contributed by atoms with Crippen molar-refractivity contribution in [2.24, 2.45) is 0 Å². The zero-order chi connectivity index (χ0) is 17.8. The van der Waals surface area contributed by atoms with Crippen molar-refractivity contribution < 1.29 is 19.0 Å². The highest BCUT2D eigenvalue weighted by Crippen LogP contribution is 2.45. The maximum absolute atomic E-state index is 10.7. The van der Waals surface area contributed by atoms with E-state index in [9.17, 15) is 4.79 Å². The van der Waals surface area contributed by atoms with Gasteiger partial charge in [0.1, 0.15) is 25.1 Å². The number of aldehydes is 1. The molecule has 0 amide bonds. The third-order valence-electron chi connectivity index (χ3n) is 4.33. The Morgan fingerprint density at radius 3 is 2.84 bits per heavy atom. The van der Waals surface area contributed by atoms with Gasteiger partial charge in [-0.15, -0.1) is 5.10 Å². The van der Waals surface area contributed by atoms with Crippen LogP contribution in [0.25, 0.3) is 11.2 Å². The van der Waals surface area contributed by atoms with Crippen molar-refractivity contribution in [3.8, 4) is 0 Å². The van der Waals surface area contributed by atoms with Gasteiger partial charge in [0.2, 0.25) is 5.28 Å². The second-order valence-corrected chi connectivity index (χ2v) is 7.09. The van der Waals surface area contributed by atoms with E-state index in [2.05, 4.69) is 20.3 Å². The fraction of sp³-hybridized carbons (Fsp3) is 0.643. The second-order valence-electron chi connectivity index (χ2n) is 6.40. The number of hydrogen-bond acceptors (Lipinski definition) is 8. The zero-order valence-electron chi connectivity index (χ0n) is 13.4. The Hall–Kier alpha value is -1.39. The van der Waals surface area contributed by atoms with Crippen molar-refractivity contribution in [3.63, 3.8) is 0 Å². The molecule has 0 bridgehead atoms. The lowest BCUT2D eigenvalue weighted by atomic mass is 10.2. The van der Waals surface area contributed by atoms with E-state index in [1.54, 1.807) is 4.68 Å². The lowest BCUT2D eigenvalue weighted by molar-refractivity contribution is -0.170. The second kappa shape index (κ2) is 6.10. The molecule has 0 N–H and O–H groups in total. The number of nitrogens with zero attached hydrogens (tertiary/aromatic N) is 5. The SMILES string of the molecule is CC1(C)O[C@@H]2[C@H](O1)[C@@H](OCC=O)C[C@H]2n1nnc2c(Cl)nc(Cl)nc21. The Balaban J connectivity index is 1.73. The third-order valence-corrected chi connectivity index (χ3v) is 4.76. The molecule has 2 aromatic heterocycles. The van der Waals surface area contributed by atoms with Gasteiger partial charge < -0.3 is 19.0 Å². The first-order chi connectivity index (χ1) is 11.9. The molecule has 9 nitrogen and oxygen atoms in total. The predicted octanol–water partition coefficient (Wildman–Crippen LogP) is 1.58. The van der Waals surface area contributed by atoms with Crippen molar-refractivity contribution in [2.45, 2.75) is 50.4 Å². The molecule has 0 aromatic carbocycles. The van der Waals surface area contributed by atoms with Crippen LogP contribution in [0.2, 0.25) is 10.4 Å². The molecule has 11 heteroatoms. The number of rotatable bonds is 4. The van der Waals surface area contributed by atoms with Crippen LogP contribution in [0, 0.1) is 0 Å². The molecule has 4 atom stereocenters. The Morgan fingerprint density at radius 1 is 1.32 bits per heavy atom. The van der Waals surface area contributed by atoms with Gasteiger partial charge in [-0.1, -0.05) is 16.8 Å². The van der Waals surface area contributed by atoms with Gasteiger partial charge in [0.05, 0.1) is 12.1 Å². The van der Waals surface area contributed by atoms with Gasteiger partial charge in [-0.3, -0.25) is 0 Å². The molecule has 1 aliphatic heterocycles. The minimum Gasteiger partial charge on any atom is -0.368 e. The summed E-state index contributed by atoms with van der Waals surface area (Å²) < 4.78 is 19.2. The Bertz CT molecular complexity index is 829. The number of carbonyl (C=O) groups excluding carboxylic acids is 1. The summed E-state index contributed by atoms with van der Waals surface area (Å²) in [7, 11) is 0. The van der Waals surface area contributed by atoms with E-state index in [1.165, 1.54) is 0 Å². The van der Waals surface area contributed by atoms with E-state index in [0.29, 0.717) is 23.9 Å². The molecule has 2 aromatic rings. The van der Waals surface area contributed by atoms with Crippen molar-refractivity contribution in [1.82, 2.24) is 25.0 Å². The summed E-state index contributed by atoms with van der Waals surface area (Å²) in [6, 6.07) is -0.254. The van der Waals surface area contributed by atoms with E-state index < -0.39 is 5.79 Å². The highest BCUT2D eigenvalue weighted by molar-refractivity contribution is 6.35. The van der Waals surface area contributed by atoms with Crippen LogP contribution in [-0.4, -0.2) is 62.0 Å². The first kappa shape index (κ1) is 17.0. The number of fused-ring (bicyclic) bond motifs is 2. The van der Waals surface area contributed by atoms with Crippen LogP contribution in [0.15, 0.2) is 0 Å². The smallest absolute Gasteiger partial charge is 0.225 e. The summed E-state index contributed by atoms with van der Waals surface area (Å²) in [4.78, 5) is 18.7. The fourth-order valence-electron chi connectivity index (χ4n) is 3.47.